The van der Waals surface area contributed by atoms with E-state index in [-0.39, 0.29) is 12.5 Å². The molecule has 1 aromatic rings. The van der Waals surface area contributed by atoms with E-state index in [1.165, 1.54) is 0 Å². The van der Waals surface area contributed by atoms with E-state index in [9.17, 15) is 4.79 Å². The third kappa shape index (κ3) is 2.91. The predicted octanol–water partition coefficient (Wildman–Crippen LogP) is 2.79. The molecule has 0 saturated carbocycles. The average molecular weight is 247 g/mol. The largest absolute Gasteiger partial charge is 0.481 e. The third-order valence-corrected chi connectivity index (χ3v) is 3.87. The van der Waals surface area contributed by atoms with E-state index in [4.69, 9.17) is 5.11 Å². The molecule has 1 fully saturated rings. The van der Waals surface area contributed by atoms with Crippen LogP contribution in [0.3, 0.4) is 0 Å². The van der Waals surface area contributed by atoms with E-state index in [0.717, 1.165) is 18.7 Å². The lowest BCUT2D eigenvalue weighted by atomic mass is 9.85. The Morgan fingerprint density at radius 2 is 1.94 bits per heavy atom. The summed E-state index contributed by atoms with van der Waals surface area (Å²) in [5.74, 6) is 0.671. The summed E-state index contributed by atoms with van der Waals surface area (Å²) in [5, 5.41) is 9.06. The standard InChI is InChI=1S/C15H21NO2/c1-11(2)13-9-16(10-13)14(8-15(17)18)12-6-4-3-5-7-12/h3-7,11,13-14H,8-10H2,1-2H3,(H,17,18). The van der Waals surface area contributed by atoms with Crippen LogP contribution in [0.2, 0.25) is 0 Å². The quantitative estimate of drug-likeness (QED) is 0.869. The van der Waals surface area contributed by atoms with Crippen LogP contribution in [0.5, 0.6) is 0 Å². The van der Waals surface area contributed by atoms with Crippen LogP contribution in [0.1, 0.15) is 31.9 Å². The summed E-state index contributed by atoms with van der Waals surface area (Å²) in [6, 6.07) is 9.99. The highest BCUT2D eigenvalue weighted by Gasteiger charge is 2.35. The van der Waals surface area contributed by atoms with Crippen LogP contribution in [-0.4, -0.2) is 29.1 Å². The van der Waals surface area contributed by atoms with Gasteiger partial charge in [-0.2, -0.15) is 0 Å². The average Bonchev–Trinajstić information content (AvgIpc) is 2.26. The zero-order valence-corrected chi connectivity index (χ0v) is 11.0. The molecule has 1 heterocycles. The highest BCUT2D eigenvalue weighted by Crippen LogP contribution is 2.34. The molecule has 18 heavy (non-hydrogen) atoms. The number of carboxylic acid groups (broad SMARTS) is 1. The fourth-order valence-corrected chi connectivity index (χ4v) is 2.52. The van der Waals surface area contributed by atoms with Gasteiger partial charge in [-0.3, -0.25) is 9.69 Å². The summed E-state index contributed by atoms with van der Waals surface area (Å²) >= 11 is 0. The monoisotopic (exact) mass is 247 g/mol. The molecule has 0 aromatic heterocycles. The molecule has 1 atom stereocenters. The van der Waals surface area contributed by atoms with Crippen LogP contribution in [-0.2, 0) is 4.79 Å². The molecule has 0 amide bonds. The molecule has 3 heteroatoms. The molecule has 0 radical (unpaired) electrons. The molecule has 1 saturated heterocycles. The van der Waals surface area contributed by atoms with E-state index in [2.05, 4.69) is 18.7 Å². The van der Waals surface area contributed by atoms with Crippen LogP contribution in [0.25, 0.3) is 0 Å². The van der Waals surface area contributed by atoms with Crippen molar-refractivity contribution in [1.82, 2.24) is 4.90 Å². The molecular formula is C15H21NO2. The van der Waals surface area contributed by atoms with Crippen molar-refractivity contribution >= 4 is 5.97 Å². The van der Waals surface area contributed by atoms with Crippen LogP contribution in [0.15, 0.2) is 30.3 Å². The van der Waals surface area contributed by atoms with Gasteiger partial charge in [-0.15, -0.1) is 0 Å². The predicted molar refractivity (Wildman–Crippen MR) is 71.3 cm³/mol. The summed E-state index contributed by atoms with van der Waals surface area (Å²) in [4.78, 5) is 13.3. The number of carbonyl (C=O) groups is 1. The van der Waals surface area contributed by atoms with Gasteiger partial charge in [-0.25, -0.2) is 0 Å². The van der Waals surface area contributed by atoms with Gasteiger partial charge < -0.3 is 5.11 Å². The molecule has 0 aliphatic carbocycles. The number of carboxylic acids is 1. The van der Waals surface area contributed by atoms with Crippen molar-refractivity contribution in [3.05, 3.63) is 35.9 Å². The first-order valence-corrected chi connectivity index (χ1v) is 6.58. The third-order valence-electron chi connectivity index (χ3n) is 3.87. The smallest absolute Gasteiger partial charge is 0.305 e. The molecule has 3 nitrogen and oxygen atoms in total. The topological polar surface area (TPSA) is 40.5 Å². The Labute approximate surface area is 108 Å². The first-order chi connectivity index (χ1) is 8.58. The van der Waals surface area contributed by atoms with E-state index in [0.29, 0.717) is 11.8 Å². The summed E-state index contributed by atoms with van der Waals surface area (Å²) in [7, 11) is 0. The van der Waals surface area contributed by atoms with Gasteiger partial charge in [0.1, 0.15) is 0 Å². The second-order valence-corrected chi connectivity index (χ2v) is 5.48. The number of benzene rings is 1. The Bertz CT molecular complexity index is 396. The number of nitrogens with zero attached hydrogens (tertiary/aromatic N) is 1. The Morgan fingerprint density at radius 3 is 2.44 bits per heavy atom. The number of hydrogen-bond donors (Lipinski definition) is 1. The molecule has 0 bridgehead atoms. The van der Waals surface area contributed by atoms with Gasteiger partial charge in [0, 0.05) is 19.1 Å². The minimum atomic E-state index is -0.725. The van der Waals surface area contributed by atoms with Crippen molar-refractivity contribution in [2.75, 3.05) is 13.1 Å². The van der Waals surface area contributed by atoms with Crippen LogP contribution in [0, 0.1) is 11.8 Å². The SMILES string of the molecule is CC(C)C1CN(C(CC(=O)O)c2ccccc2)C1. The lowest BCUT2D eigenvalue weighted by molar-refractivity contribution is -0.139. The molecule has 1 N–H and O–H groups in total. The highest BCUT2D eigenvalue weighted by atomic mass is 16.4. The zero-order valence-electron chi connectivity index (χ0n) is 11.0. The summed E-state index contributed by atoms with van der Waals surface area (Å²) in [6.45, 7) is 6.50. The maximum Gasteiger partial charge on any atom is 0.305 e. The summed E-state index contributed by atoms with van der Waals surface area (Å²) in [6.07, 6.45) is 0.189. The molecule has 1 aliphatic heterocycles. The maximum atomic E-state index is 11.0. The number of rotatable bonds is 5. The Kier molecular flexibility index (Phi) is 4.02. The van der Waals surface area contributed by atoms with Crippen molar-refractivity contribution in [3.63, 3.8) is 0 Å². The van der Waals surface area contributed by atoms with Crippen LogP contribution >= 0.6 is 0 Å². The first-order valence-electron chi connectivity index (χ1n) is 6.58. The fourth-order valence-electron chi connectivity index (χ4n) is 2.52. The van der Waals surface area contributed by atoms with E-state index in [1.807, 2.05) is 30.3 Å². The minimum absolute atomic E-state index is 0.0266. The van der Waals surface area contributed by atoms with Gasteiger partial charge in [-0.05, 0) is 17.4 Å². The van der Waals surface area contributed by atoms with Crippen LogP contribution < -0.4 is 0 Å². The Hall–Kier alpha value is -1.35. The minimum Gasteiger partial charge on any atom is -0.481 e. The van der Waals surface area contributed by atoms with Gasteiger partial charge in [0.2, 0.25) is 0 Å². The summed E-state index contributed by atoms with van der Waals surface area (Å²) in [5.41, 5.74) is 1.11. The lowest BCUT2D eigenvalue weighted by Crippen LogP contribution is -2.50. The van der Waals surface area contributed by atoms with Gasteiger partial charge in [0.25, 0.3) is 0 Å². The van der Waals surface area contributed by atoms with E-state index >= 15 is 0 Å². The van der Waals surface area contributed by atoms with E-state index in [1.54, 1.807) is 0 Å². The highest BCUT2D eigenvalue weighted by molar-refractivity contribution is 5.68. The summed E-state index contributed by atoms with van der Waals surface area (Å²) < 4.78 is 0. The Morgan fingerprint density at radius 1 is 1.33 bits per heavy atom. The zero-order chi connectivity index (χ0) is 13.1. The van der Waals surface area contributed by atoms with E-state index < -0.39 is 5.97 Å². The van der Waals surface area contributed by atoms with Gasteiger partial charge in [0.05, 0.1) is 6.42 Å². The van der Waals surface area contributed by atoms with Gasteiger partial charge in [-0.1, -0.05) is 44.2 Å². The number of likely N-dealkylation sites (tertiary alicyclic amines) is 1. The maximum absolute atomic E-state index is 11.0. The molecule has 98 valence electrons. The van der Waals surface area contributed by atoms with Gasteiger partial charge >= 0.3 is 5.97 Å². The fraction of sp³-hybridized carbons (Fsp3) is 0.533. The molecular weight excluding hydrogens is 226 g/mol. The van der Waals surface area contributed by atoms with Crippen molar-refractivity contribution in [1.29, 1.82) is 0 Å². The van der Waals surface area contributed by atoms with Crippen molar-refractivity contribution in [2.45, 2.75) is 26.3 Å². The Balaban J connectivity index is 2.06. The molecule has 1 aliphatic rings. The van der Waals surface area contributed by atoms with Crippen molar-refractivity contribution in [3.8, 4) is 0 Å². The number of hydrogen-bond acceptors (Lipinski definition) is 2. The molecule has 1 aromatic carbocycles. The first kappa shape index (κ1) is 13.1. The second kappa shape index (κ2) is 5.53. The van der Waals surface area contributed by atoms with Crippen molar-refractivity contribution in [2.24, 2.45) is 11.8 Å². The number of aliphatic carboxylic acids is 1. The van der Waals surface area contributed by atoms with Crippen molar-refractivity contribution < 1.29 is 9.90 Å². The second-order valence-electron chi connectivity index (χ2n) is 5.48. The lowest BCUT2D eigenvalue weighted by Gasteiger charge is -2.46. The van der Waals surface area contributed by atoms with Gasteiger partial charge in [0.15, 0.2) is 0 Å². The van der Waals surface area contributed by atoms with Crippen LogP contribution in [0.4, 0.5) is 0 Å². The normalized spacial score (nSPS) is 18.6. The molecule has 1 unspecified atom stereocenters. The molecule has 0 spiro atoms. The molecule has 2 rings (SSSR count).